The number of benzene rings is 3. The van der Waals surface area contributed by atoms with Crippen molar-refractivity contribution in [2.75, 3.05) is 64.3 Å². The van der Waals surface area contributed by atoms with Gasteiger partial charge in [-0.25, -0.2) is 0 Å². The van der Waals surface area contributed by atoms with Crippen LogP contribution in [0.4, 0.5) is 5.69 Å². The zero-order valence-corrected chi connectivity index (χ0v) is 23.4. The number of likely N-dealkylation sites (tertiary alicyclic amines) is 1. The van der Waals surface area contributed by atoms with Gasteiger partial charge in [0.2, 0.25) is 0 Å². The van der Waals surface area contributed by atoms with Gasteiger partial charge in [0.25, 0.3) is 5.91 Å². The van der Waals surface area contributed by atoms with Crippen molar-refractivity contribution in [3.8, 4) is 5.75 Å². The van der Waals surface area contributed by atoms with Gasteiger partial charge in [-0.15, -0.1) is 0 Å². The van der Waals surface area contributed by atoms with Gasteiger partial charge in [-0.3, -0.25) is 14.4 Å². The minimum absolute atomic E-state index is 0.175. The highest BCUT2D eigenvalue weighted by Crippen LogP contribution is 2.33. The van der Waals surface area contributed by atoms with E-state index in [0.29, 0.717) is 61.6 Å². The molecular weight excluding hydrogens is 532 g/mol. The summed E-state index contributed by atoms with van der Waals surface area (Å²) in [5.74, 6) is 0.306. The summed E-state index contributed by atoms with van der Waals surface area (Å²) in [4.78, 5) is 17.2. The Bertz CT molecular complexity index is 1410. The summed E-state index contributed by atoms with van der Waals surface area (Å²) in [5, 5.41) is 11.4. The molecule has 0 aliphatic carbocycles. The molecule has 1 amide bonds. The average Bonchev–Trinajstić information content (AvgIpc) is 3.40. The van der Waals surface area contributed by atoms with E-state index >= 15 is 0 Å². The number of carbonyl (C=O) groups is 1. The highest BCUT2D eigenvalue weighted by atomic mass is 32.2. The van der Waals surface area contributed by atoms with Crippen LogP contribution in [0.25, 0.3) is 10.8 Å². The average molecular weight is 569 g/mol. The Morgan fingerprint density at radius 1 is 1.05 bits per heavy atom. The lowest BCUT2D eigenvalue weighted by molar-refractivity contribution is -0.134. The second-order valence-electron chi connectivity index (χ2n) is 10.2. The van der Waals surface area contributed by atoms with Gasteiger partial charge in [0, 0.05) is 50.5 Å². The molecule has 2 N–H and O–H groups in total. The van der Waals surface area contributed by atoms with Gasteiger partial charge in [0.1, 0.15) is 5.75 Å². The maximum atomic E-state index is 13.4. The number of aliphatic hydroxyl groups is 1. The predicted molar refractivity (Wildman–Crippen MR) is 153 cm³/mol. The molecule has 2 saturated heterocycles. The number of morpholine rings is 1. The first-order valence-electron chi connectivity index (χ1n) is 13.5. The Hall–Kier alpha value is -3.22. The fraction of sp³-hybridized carbons (Fsp3) is 0.414. The van der Waals surface area contributed by atoms with Crippen LogP contribution in [0.3, 0.4) is 0 Å². The maximum absolute atomic E-state index is 13.4. The summed E-state index contributed by atoms with van der Waals surface area (Å²) in [6.45, 7) is 3.14. The quantitative estimate of drug-likeness (QED) is 0.387. The molecule has 3 aromatic rings. The Balaban J connectivity index is 1.30. The third-order valence-corrected chi connectivity index (χ3v) is 9.03. The number of amides is 1. The Labute approximate surface area is 235 Å². The van der Waals surface area contributed by atoms with E-state index in [1.54, 1.807) is 24.1 Å². The molecule has 5 rings (SSSR count). The van der Waals surface area contributed by atoms with Crippen LogP contribution in [0.15, 0.2) is 66.7 Å². The third-order valence-electron chi connectivity index (χ3n) is 7.51. The van der Waals surface area contributed by atoms with Crippen molar-refractivity contribution < 1.29 is 27.8 Å². The van der Waals surface area contributed by atoms with E-state index in [-0.39, 0.29) is 24.7 Å². The minimum atomic E-state index is -3.75. The molecule has 0 radical (unpaired) electrons. The smallest absolute Gasteiger partial charge is 0.301 e. The van der Waals surface area contributed by atoms with Gasteiger partial charge in [0.05, 0.1) is 31.0 Å². The monoisotopic (exact) mass is 568 g/mol. The number of carbonyl (C=O) groups excluding carboxylic acids is 1. The molecule has 11 heteroatoms. The number of hydrogen-bond acceptors (Lipinski definition) is 7. The Morgan fingerprint density at radius 2 is 1.75 bits per heavy atom. The zero-order valence-electron chi connectivity index (χ0n) is 22.6. The second kappa shape index (κ2) is 12.5. The number of nitrogens with zero attached hydrogens (tertiary/aromatic N) is 3. The molecule has 214 valence electrons. The number of aliphatic hydroxyl groups excluding tert-OH is 1. The van der Waals surface area contributed by atoms with Gasteiger partial charge in [0.15, 0.2) is 6.61 Å². The first-order chi connectivity index (χ1) is 19.3. The van der Waals surface area contributed by atoms with Crippen molar-refractivity contribution in [3.63, 3.8) is 0 Å². The molecule has 2 fully saturated rings. The molecule has 0 bridgehead atoms. The normalized spacial score (nSPS) is 19.4. The molecule has 2 aliphatic rings. The number of rotatable bonds is 10. The molecule has 10 nitrogen and oxygen atoms in total. The molecule has 0 aromatic heterocycles. The maximum Gasteiger partial charge on any atom is 0.301 e. The molecule has 1 unspecified atom stereocenters. The van der Waals surface area contributed by atoms with Crippen molar-refractivity contribution in [2.24, 2.45) is 0 Å². The van der Waals surface area contributed by atoms with Gasteiger partial charge in [-0.1, -0.05) is 54.6 Å². The molecule has 2 heterocycles. The minimum Gasteiger partial charge on any atom is -0.483 e. The van der Waals surface area contributed by atoms with Crippen molar-refractivity contribution in [1.29, 1.82) is 0 Å². The topological polar surface area (TPSA) is 112 Å². The summed E-state index contributed by atoms with van der Waals surface area (Å²) < 4.78 is 41.3. The highest BCUT2D eigenvalue weighted by molar-refractivity contribution is 7.90. The first-order valence-corrected chi connectivity index (χ1v) is 15.0. The van der Waals surface area contributed by atoms with E-state index in [1.165, 1.54) is 4.31 Å². The third kappa shape index (κ3) is 6.56. The SMILES string of the molecule is CN(C(=O)COc1ccc(NS(=O)(=O)N2CCOCC2)c2ccccc12)C(CN1CC[C@H](O)C1)c1ccccc1. The van der Waals surface area contributed by atoms with Gasteiger partial charge < -0.3 is 19.5 Å². The van der Waals surface area contributed by atoms with E-state index in [0.717, 1.165) is 18.5 Å². The van der Waals surface area contributed by atoms with Gasteiger partial charge >= 0.3 is 10.2 Å². The second-order valence-corrected chi connectivity index (χ2v) is 11.9. The number of likely N-dealkylation sites (N-methyl/N-ethyl adjacent to an activating group) is 1. The van der Waals surface area contributed by atoms with Crippen LogP contribution in [0.2, 0.25) is 0 Å². The molecule has 3 aromatic carbocycles. The number of hydrogen-bond donors (Lipinski definition) is 2. The fourth-order valence-corrected chi connectivity index (χ4v) is 6.46. The Morgan fingerprint density at radius 3 is 2.45 bits per heavy atom. The lowest BCUT2D eigenvalue weighted by Gasteiger charge is -2.32. The largest absolute Gasteiger partial charge is 0.483 e. The van der Waals surface area contributed by atoms with Gasteiger partial charge in [-0.2, -0.15) is 12.7 Å². The number of nitrogens with one attached hydrogen (secondary N) is 1. The lowest BCUT2D eigenvalue weighted by Crippen LogP contribution is -2.43. The molecule has 0 spiro atoms. The number of anilines is 1. The van der Waals surface area contributed by atoms with Crippen molar-refractivity contribution in [1.82, 2.24) is 14.1 Å². The van der Waals surface area contributed by atoms with Crippen LogP contribution in [0.5, 0.6) is 5.75 Å². The molecule has 2 aliphatic heterocycles. The summed E-state index contributed by atoms with van der Waals surface area (Å²) in [5.41, 5.74) is 1.46. The first kappa shape index (κ1) is 28.3. The fourth-order valence-electron chi connectivity index (χ4n) is 5.24. The van der Waals surface area contributed by atoms with Crippen LogP contribution in [-0.4, -0.2) is 99.2 Å². The van der Waals surface area contributed by atoms with Crippen LogP contribution in [-0.2, 0) is 19.7 Å². The van der Waals surface area contributed by atoms with E-state index in [1.807, 2.05) is 54.6 Å². The van der Waals surface area contributed by atoms with Gasteiger partial charge in [-0.05, 0) is 24.1 Å². The predicted octanol–water partition coefficient (Wildman–Crippen LogP) is 2.47. The number of ether oxygens (including phenoxy) is 2. The zero-order chi connectivity index (χ0) is 28.1. The van der Waals surface area contributed by atoms with E-state index in [2.05, 4.69) is 9.62 Å². The standard InChI is InChI=1S/C29H36N4O6S/c1-31(27(22-7-3-2-4-8-22)20-32-14-13-23(34)19-32)29(35)21-39-28-12-11-26(24-9-5-6-10-25(24)28)30-40(36,37)33-15-17-38-18-16-33/h2-12,23,27,30,34H,13-21H2,1H3/t23-,27?/m0/s1. The summed E-state index contributed by atoms with van der Waals surface area (Å²) in [7, 11) is -1.97. The van der Waals surface area contributed by atoms with Crippen LogP contribution >= 0.6 is 0 Å². The van der Waals surface area contributed by atoms with E-state index in [9.17, 15) is 18.3 Å². The molecular formula is C29H36N4O6S. The van der Waals surface area contributed by atoms with E-state index in [4.69, 9.17) is 9.47 Å². The summed E-state index contributed by atoms with van der Waals surface area (Å²) in [6, 6.07) is 20.4. The summed E-state index contributed by atoms with van der Waals surface area (Å²) >= 11 is 0. The number of fused-ring (bicyclic) bond motifs is 1. The van der Waals surface area contributed by atoms with E-state index < -0.39 is 10.2 Å². The molecule has 0 saturated carbocycles. The van der Waals surface area contributed by atoms with Crippen molar-refractivity contribution in [3.05, 3.63) is 72.3 Å². The van der Waals surface area contributed by atoms with Crippen molar-refractivity contribution in [2.45, 2.75) is 18.6 Å². The van der Waals surface area contributed by atoms with Crippen molar-refractivity contribution >= 4 is 32.6 Å². The van der Waals surface area contributed by atoms with Crippen LogP contribution in [0.1, 0.15) is 18.0 Å². The summed E-state index contributed by atoms with van der Waals surface area (Å²) in [6.07, 6.45) is 0.392. The van der Waals surface area contributed by atoms with Crippen LogP contribution in [0, 0.1) is 0 Å². The lowest BCUT2D eigenvalue weighted by atomic mass is 10.0. The molecule has 40 heavy (non-hydrogen) atoms. The highest BCUT2D eigenvalue weighted by Gasteiger charge is 2.29. The number of β-amino-alcohol motifs (C(OH)–C–C–N with tert-alkyl or cyclic N) is 1. The molecule has 2 atom stereocenters. The Kier molecular flexibility index (Phi) is 8.87. The van der Waals surface area contributed by atoms with Crippen LogP contribution < -0.4 is 9.46 Å².